The maximum Gasteiger partial charge on any atom is 0.228 e. The Hall–Kier alpha value is -1.84. The van der Waals surface area contributed by atoms with Crippen LogP contribution < -0.4 is 10.6 Å². The number of fused-ring (bicyclic) bond motifs is 1. The van der Waals surface area contributed by atoms with E-state index >= 15 is 0 Å². The molecule has 2 amide bonds. The highest BCUT2D eigenvalue weighted by Gasteiger charge is 2.34. The normalized spacial score (nSPS) is 23.2. The van der Waals surface area contributed by atoms with Crippen molar-refractivity contribution in [1.29, 1.82) is 0 Å². The summed E-state index contributed by atoms with van der Waals surface area (Å²) in [7, 11) is 0. The van der Waals surface area contributed by atoms with Crippen LogP contribution in [-0.2, 0) is 9.59 Å². The van der Waals surface area contributed by atoms with E-state index in [0.717, 1.165) is 11.3 Å². The number of carbonyl (C=O) groups is 2. The first-order chi connectivity index (χ1) is 9.15. The minimum absolute atomic E-state index is 0.0262. The lowest BCUT2D eigenvalue weighted by Crippen LogP contribution is -2.40. The van der Waals surface area contributed by atoms with Crippen molar-refractivity contribution in [3.05, 3.63) is 29.8 Å². The highest BCUT2D eigenvalue weighted by Crippen LogP contribution is 2.35. The Bertz CT molecular complexity index is 523. The highest BCUT2D eigenvalue weighted by molar-refractivity contribution is 6.01. The van der Waals surface area contributed by atoms with E-state index in [0.29, 0.717) is 5.92 Å². The molecule has 2 unspecified atom stereocenters. The van der Waals surface area contributed by atoms with Crippen LogP contribution in [0.1, 0.15) is 37.7 Å². The third kappa shape index (κ3) is 2.48. The molecule has 2 N–H and O–H groups in total. The average Bonchev–Trinajstić information content (AvgIpc) is 3.21. The molecule has 1 aromatic carbocycles. The van der Waals surface area contributed by atoms with Crippen molar-refractivity contribution in [2.24, 2.45) is 5.92 Å². The van der Waals surface area contributed by atoms with Crippen LogP contribution in [0.5, 0.6) is 0 Å². The van der Waals surface area contributed by atoms with Gasteiger partial charge in [0.05, 0.1) is 5.92 Å². The second-order valence-electron chi connectivity index (χ2n) is 5.53. The Kier molecular flexibility index (Phi) is 3.01. The summed E-state index contributed by atoms with van der Waals surface area (Å²) in [4.78, 5) is 24.0. The number of anilines is 1. The molecule has 1 aromatic rings. The highest BCUT2D eigenvalue weighted by atomic mass is 16.2. The van der Waals surface area contributed by atoms with E-state index in [2.05, 4.69) is 10.6 Å². The lowest BCUT2D eigenvalue weighted by molar-refractivity contribution is -0.126. The molecule has 0 aromatic heterocycles. The molecule has 0 spiro atoms. The Morgan fingerprint density at radius 2 is 2.11 bits per heavy atom. The van der Waals surface area contributed by atoms with Gasteiger partial charge in [0.2, 0.25) is 11.8 Å². The zero-order chi connectivity index (χ0) is 13.4. The van der Waals surface area contributed by atoms with Crippen LogP contribution in [0.2, 0.25) is 0 Å². The van der Waals surface area contributed by atoms with E-state index in [1.165, 1.54) is 12.8 Å². The Labute approximate surface area is 112 Å². The molecule has 1 heterocycles. The smallest absolute Gasteiger partial charge is 0.228 e. The van der Waals surface area contributed by atoms with Gasteiger partial charge in [0, 0.05) is 18.2 Å². The van der Waals surface area contributed by atoms with Crippen LogP contribution in [0.3, 0.4) is 0 Å². The standard InChI is InChI=1S/C15H18N2O2/c1-9(10-6-7-10)16-15(19)12-8-14(18)17-13-5-3-2-4-11(12)13/h2-5,9-10,12H,6-8H2,1H3,(H,16,19)(H,17,18). The molecule has 1 saturated carbocycles. The van der Waals surface area contributed by atoms with Crippen LogP contribution in [0.25, 0.3) is 0 Å². The molecule has 1 aliphatic carbocycles. The van der Waals surface area contributed by atoms with Crippen LogP contribution in [0, 0.1) is 5.92 Å². The second kappa shape index (κ2) is 4.68. The van der Waals surface area contributed by atoms with Gasteiger partial charge in [-0.3, -0.25) is 9.59 Å². The largest absolute Gasteiger partial charge is 0.353 e. The van der Waals surface area contributed by atoms with Crippen molar-refractivity contribution in [3.8, 4) is 0 Å². The Morgan fingerprint density at radius 3 is 2.84 bits per heavy atom. The van der Waals surface area contributed by atoms with Gasteiger partial charge in [0.25, 0.3) is 0 Å². The van der Waals surface area contributed by atoms with Gasteiger partial charge in [0.15, 0.2) is 0 Å². The van der Waals surface area contributed by atoms with Gasteiger partial charge >= 0.3 is 0 Å². The van der Waals surface area contributed by atoms with Crippen LogP contribution >= 0.6 is 0 Å². The van der Waals surface area contributed by atoms with Gasteiger partial charge in [-0.15, -0.1) is 0 Å². The molecule has 1 fully saturated rings. The van der Waals surface area contributed by atoms with Crippen LogP contribution in [0.15, 0.2) is 24.3 Å². The lowest BCUT2D eigenvalue weighted by atomic mass is 9.89. The maximum absolute atomic E-state index is 12.4. The second-order valence-corrected chi connectivity index (χ2v) is 5.53. The molecule has 0 saturated heterocycles. The number of nitrogens with one attached hydrogen (secondary N) is 2. The third-order valence-corrected chi connectivity index (χ3v) is 4.02. The van der Waals surface area contributed by atoms with E-state index < -0.39 is 0 Å². The van der Waals surface area contributed by atoms with Gasteiger partial charge in [-0.25, -0.2) is 0 Å². The molecular weight excluding hydrogens is 240 g/mol. The molecule has 3 rings (SSSR count). The molecule has 100 valence electrons. The number of carbonyl (C=O) groups excluding carboxylic acids is 2. The molecule has 1 aliphatic heterocycles. The fraction of sp³-hybridized carbons (Fsp3) is 0.467. The van der Waals surface area contributed by atoms with Crippen molar-refractivity contribution < 1.29 is 9.59 Å². The summed E-state index contributed by atoms with van der Waals surface area (Å²) >= 11 is 0. The zero-order valence-electron chi connectivity index (χ0n) is 11.0. The van der Waals surface area contributed by atoms with E-state index in [-0.39, 0.29) is 30.2 Å². The van der Waals surface area contributed by atoms with Crippen LogP contribution in [0.4, 0.5) is 5.69 Å². The van der Waals surface area contributed by atoms with Gasteiger partial charge < -0.3 is 10.6 Å². The fourth-order valence-corrected chi connectivity index (χ4v) is 2.68. The summed E-state index contributed by atoms with van der Waals surface area (Å²) in [6.45, 7) is 2.05. The number of hydrogen-bond acceptors (Lipinski definition) is 2. The first kappa shape index (κ1) is 12.2. The average molecular weight is 258 g/mol. The quantitative estimate of drug-likeness (QED) is 0.871. The van der Waals surface area contributed by atoms with E-state index in [4.69, 9.17) is 0 Å². The minimum atomic E-state index is -0.355. The molecule has 2 atom stereocenters. The predicted octanol–water partition coefficient (Wildman–Crippen LogP) is 2.03. The van der Waals surface area contributed by atoms with E-state index in [1.54, 1.807) is 0 Å². The first-order valence-electron chi connectivity index (χ1n) is 6.84. The SMILES string of the molecule is CC(NC(=O)C1CC(=O)Nc2ccccc21)C1CC1. The van der Waals surface area contributed by atoms with Crippen molar-refractivity contribution in [2.75, 3.05) is 5.32 Å². The van der Waals surface area contributed by atoms with Gasteiger partial charge in [-0.1, -0.05) is 18.2 Å². The molecular formula is C15H18N2O2. The van der Waals surface area contributed by atoms with Gasteiger partial charge in [-0.2, -0.15) is 0 Å². The molecule has 4 nitrogen and oxygen atoms in total. The van der Waals surface area contributed by atoms with Crippen molar-refractivity contribution in [2.45, 2.75) is 38.1 Å². The van der Waals surface area contributed by atoms with Crippen molar-refractivity contribution >= 4 is 17.5 Å². The summed E-state index contributed by atoms with van der Waals surface area (Å²) in [6, 6.07) is 7.75. The number of amides is 2. The number of rotatable bonds is 3. The molecule has 19 heavy (non-hydrogen) atoms. The molecule has 4 heteroatoms. The summed E-state index contributed by atoms with van der Waals surface area (Å²) in [5, 5.41) is 5.87. The monoisotopic (exact) mass is 258 g/mol. The molecule has 0 radical (unpaired) electrons. The Morgan fingerprint density at radius 1 is 1.37 bits per heavy atom. The van der Waals surface area contributed by atoms with Crippen LogP contribution in [-0.4, -0.2) is 17.9 Å². The molecule has 2 aliphatic rings. The maximum atomic E-state index is 12.4. The topological polar surface area (TPSA) is 58.2 Å². The number of hydrogen-bond donors (Lipinski definition) is 2. The van der Waals surface area contributed by atoms with E-state index in [9.17, 15) is 9.59 Å². The molecule has 0 bridgehead atoms. The first-order valence-corrected chi connectivity index (χ1v) is 6.84. The van der Waals surface area contributed by atoms with Gasteiger partial charge in [0.1, 0.15) is 0 Å². The number of para-hydroxylation sites is 1. The Balaban J connectivity index is 1.79. The van der Waals surface area contributed by atoms with Crippen molar-refractivity contribution in [3.63, 3.8) is 0 Å². The summed E-state index contributed by atoms with van der Waals surface area (Å²) < 4.78 is 0. The van der Waals surface area contributed by atoms with Gasteiger partial charge in [-0.05, 0) is 37.3 Å². The zero-order valence-corrected chi connectivity index (χ0v) is 11.0. The van der Waals surface area contributed by atoms with Crippen molar-refractivity contribution in [1.82, 2.24) is 5.32 Å². The predicted molar refractivity (Wildman–Crippen MR) is 72.8 cm³/mol. The number of benzene rings is 1. The fourth-order valence-electron chi connectivity index (χ4n) is 2.68. The summed E-state index contributed by atoms with van der Waals surface area (Å²) in [5.41, 5.74) is 1.68. The van der Waals surface area contributed by atoms with E-state index in [1.807, 2.05) is 31.2 Å². The summed E-state index contributed by atoms with van der Waals surface area (Å²) in [6.07, 6.45) is 2.63. The lowest BCUT2D eigenvalue weighted by Gasteiger charge is -2.26. The summed E-state index contributed by atoms with van der Waals surface area (Å²) in [5.74, 6) is 0.155. The third-order valence-electron chi connectivity index (χ3n) is 4.02. The minimum Gasteiger partial charge on any atom is -0.353 e.